The van der Waals surface area contributed by atoms with E-state index in [1.54, 1.807) is 18.2 Å². The molecule has 0 radical (unpaired) electrons. The van der Waals surface area contributed by atoms with Gasteiger partial charge in [-0.05, 0) is 29.8 Å². The highest BCUT2D eigenvalue weighted by molar-refractivity contribution is 6.30. The second-order valence-electron chi connectivity index (χ2n) is 5.44. The molecule has 1 heterocycles. The first-order valence-electron chi connectivity index (χ1n) is 7.27. The topological polar surface area (TPSA) is 52.9 Å². The van der Waals surface area contributed by atoms with Gasteiger partial charge in [-0.15, -0.1) is 0 Å². The predicted octanol–water partition coefficient (Wildman–Crippen LogP) is 3.95. The standard InChI is InChI=1S/C17H12ClF3N2O2/c18-11-8-6-10(7-9-11)14(24)13-15(17(19,20)21)22-23(16(13)25)12-4-2-1-3-5-12/h1-9,13-14,24H/t13-,14-/m1/s1. The summed E-state index contributed by atoms with van der Waals surface area (Å²) in [6, 6.07) is 13.4. The quantitative estimate of drug-likeness (QED) is 0.891. The lowest BCUT2D eigenvalue weighted by Crippen LogP contribution is -2.37. The fourth-order valence-corrected chi connectivity index (χ4v) is 2.72. The maximum absolute atomic E-state index is 13.4. The molecule has 25 heavy (non-hydrogen) atoms. The van der Waals surface area contributed by atoms with E-state index in [2.05, 4.69) is 5.10 Å². The van der Waals surface area contributed by atoms with Crippen LogP contribution in [0.15, 0.2) is 59.7 Å². The van der Waals surface area contributed by atoms with Gasteiger partial charge in [0.2, 0.25) is 0 Å². The number of nitrogens with zero attached hydrogens (tertiary/aromatic N) is 2. The molecule has 1 amide bonds. The van der Waals surface area contributed by atoms with Crippen LogP contribution in [0.1, 0.15) is 11.7 Å². The molecular weight excluding hydrogens is 357 g/mol. The zero-order valence-electron chi connectivity index (χ0n) is 12.6. The lowest BCUT2D eigenvalue weighted by atomic mass is 9.91. The molecule has 1 aliphatic rings. The fourth-order valence-electron chi connectivity index (χ4n) is 2.59. The zero-order valence-corrected chi connectivity index (χ0v) is 13.4. The molecule has 4 nitrogen and oxygen atoms in total. The molecular formula is C17H12ClF3N2O2. The van der Waals surface area contributed by atoms with Gasteiger partial charge < -0.3 is 5.11 Å². The number of carbonyl (C=O) groups is 1. The average molecular weight is 369 g/mol. The Hall–Kier alpha value is -2.38. The molecule has 0 fully saturated rings. The third-order valence-electron chi connectivity index (χ3n) is 3.80. The Balaban J connectivity index is 2.01. The number of hydrogen-bond donors (Lipinski definition) is 1. The van der Waals surface area contributed by atoms with Crippen molar-refractivity contribution in [3.63, 3.8) is 0 Å². The van der Waals surface area contributed by atoms with Crippen molar-refractivity contribution in [3.05, 3.63) is 65.2 Å². The number of alkyl halides is 3. The first kappa shape index (κ1) is 17.4. The van der Waals surface area contributed by atoms with Crippen molar-refractivity contribution in [3.8, 4) is 0 Å². The molecule has 0 unspecified atom stereocenters. The predicted molar refractivity (Wildman–Crippen MR) is 87.3 cm³/mol. The number of benzene rings is 2. The smallest absolute Gasteiger partial charge is 0.387 e. The van der Waals surface area contributed by atoms with Gasteiger partial charge in [-0.25, -0.2) is 0 Å². The van der Waals surface area contributed by atoms with Gasteiger partial charge >= 0.3 is 6.18 Å². The minimum absolute atomic E-state index is 0.148. The van der Waals surface area contributed by atoms with E-state index in [4.69, 9.17) is 11.6 Å². The number of halogens is 4. The van der Waals surface area contributed by atoms with Crippen LogP contribution >= 0.6 is 11.6 Å². The molecule has 0 saturated heterocycles. The number of carbonyl (C=O) groups excluding carboxylic acids is 1. The molecule has 3 rings (SSSR count). The summed E-state index contributed by atoms with van der Waals surface area (Å²) in [5.74, 6) is -2.79. The molecule has 0 aromatic heterocycles. The third-order valence-corrected chi connectivity index (χ3v) is 4.05. The number of amides is 1. The summed E-state index contributed by atoms with van der Waals surface area (Å²) in [7, 11) is 0. The van der Waals surface area contributed by atoms with Crippen molar-refractivity contribution in [2.24, 2.45) is 11.0 Å². The van der Waals surface area contributed by atoms with Crippen LogP contribution in [0.25, 0.3) is 0 Å². The molecule has 0 bridgehead atoms. The summed E-state index contributed by atoms with van der Waals surface area (Å²) < 4.78 is 40.1. The number of hydrogen-bond acceptors (Lipinski definition) is 3. The van der Waals surface area contributed by atoms with E-state index in [1.165, 1.54) is 36.4 Å². The van der Waals surface area contributed by atoms with E-state index in [-0.39, 0.29) is 11.3 Å². The van der Waals surface area contributed by atoms with Gasteiger partial charge in [0.1, 0.15) is 5.92 Å². The summed E-state index contributed by atoms with van der Waals surface area (Å²) in [4.78, 5) is 12.6. The largest absolute Gasteiger partial charge is 0.432 e. The van der Waals surface area contributed by atoms with Crippen LogP contribution < -0.4 is 5.01 Å². The van der Waals surface area contributed by atoms with Gasteiger partial charge in [-0.3, -0.25) is 4.79 Å². The molecule has 0 aliphatic carbocycles. The summed E-state index contributed by atoms with van der Waals surface area (Å²) in [5.41, 5.74) is -0.988. The highest BCUT2D eigenvalue weighted by atomic mass is 35.5. The van der Waals surface area contributed by atoms with Gasteiger partial charge in [0, 0.05) is 5.02 Å². The monoisotopic (exact) mass is 368 g/mol. The fraction of sp³-hybridized carbons (Fsp3) is 0.176. The van der Waals surface area contributed by atoms with Crippen molar-refractivity contribution in [1.82, 2.24) is 0 Å². The second-order valence-corrected chi connectivity index (χ2v) is 5.88. The van der Waals surface area contributed by atoms with Crippen molar-refractivity contribution >= 4 is 28.9 Å². The summed E-state index contributed by atoms with van der Waals surface area (Å²) in [6.45, 7) is 0. The van der Waals surface area contributed by atoms with Crippen LogP contribution in [0.4, 0.5) is 18.9 Å². The Labute approximate surface area is 146 Å². The van der Waals surface area contributed by atoms with E-state index < -0.39 is 29.8 Å². The Morgan fingerprint density at radius 1 is 1.08 bits per heavy atom. The van der Waals surface area contributed by atoms with E-state index in [0.717, 1.165) is 0 Å². The van der Waals surface area contributed by atoms with Crippen LogP contribution in [0.3, 0.4) is 0 Å². The lowest BCUT2D eigenvalue weighted by molar-refractivity contribution is -0.123. The van der Waals surface area contributed by atoms with Crippen LogP contribution in [-0.4, -0.2) is 22.9 Å². The number of aliphatic hydroxyl groups excluding tert-OH is 1. The van der Waals surface area contributed by atoms with Gasteiger partial charge in [0.25, 0.3) is 5.91 Å². The van der Waals surface area contributed by atoms with Gasteiger partial charge in [0.15, 0.2) is 5.71 Å². The van der Waals surface area contributed by atoms with E-state index in [0.29, 0.717) is 10.0 Å². The Morgan fingerprint density at radius 2 is 1.68 bits per heavy atom. The minimum Gasteiger partial charge on any atom is -0.387 e. The third kappa shape index (κ3) is 3.38. The number of anilines is 1. The van der Waals surface area contributed by atoms with Crippen molar-refractivity contribution in [2.45, 2.75) is 12.3 Å². The lowest BCUT2D eigenvalue weighted by Gasteiger charge is -2.20. The van der Waals surface area contributed by atoms with Gasteiger partial charge in [-0.1, -0.05) is 41.9 Å². The van der Waals surface area contributed by atoms with E-state index in [9.17, 15) is 23.1 Å². The van der Waals surface area contributed by atoms with Crippen LogP contribution in [0.2, 0.25) is 5.02 Å². The van der Waals surface area contributed by atoms with Crippen molar-refractivity contribution in [1.29, 1.82) is 0 Å². The van der Waals surface area contributed by atoms with Gasteiger partial charge in [-0.2, -0.15) is 23.3 Å². The molecule has 130 valence electrons. The number of para-hydroxylation sites is 1. The molecule has 2 aromatic carbocycles. The average Bonchev–Trinajstić information content (AvgIpc) is 2.93. The van der Waals surface area contributed by atoms with Crippen LogP contribution in [-0.2, 0) is 4.79 Å². The Morgan fingerprint density at radius 3 is 2.24 bits per heavy atom. The molecule has 0 saturated carbocycles. The molecule has 0 spiro atoms. The molecule has 1 aliphatic heterocycles. The molecule has 2 aromatic rings. The number of rotatable bonds is 3. The highest BCUT2D eigenvalue weighted by Crippen LogP contribution is 2.38. The summed E-state index contributed by atoms with van der Waals surface area (Å²) in [6.07, 6.45) is -6.55. The maximum Gasteiger partial charge on any atom is 0.432 e. The van der Waals surface area contributed by atoms with Gasteiger partial charge in [0.05, 0.1) is 11.8 Å². The molecule has 1 N–H and O–H groups in total. The number of aliphatic hydroxyl groups is 1. The van der Waals surface area contributed by atoms with E-state index >= 15 is 0 Å². The minimum atomic E-state index is -4.85. The van der Waals surface area contributed by atoms with Crippen molar-refractivity contribution < 1.29 is 23.1 Å². The summed E-state index contributed by atoms with van der Waals surface area (Å²) in [5, 5.41) is 14.9. The van der Waals surface area contributed by atoms with E-state index in [1.807, 2.05) is 0 Å². The zero-order chi connectivity index (χ0) is 18.2. The second kappa shape index (κ2) is 6.50. The normalized spacial score (nSPS) is 19.1. The maximum atomic E-state index is 13.4. The first-order valence-corrected chi connectivity index (χ1v) is 7.65. The van der Waals surface area contributed by atoms with Crippen LogP contribution in [0.5, 0.6) is 0 Å². The Kier molecular flexibility index (Phi) is 4.53. The first-order chi connectivity index (χ1) is 11.8. The SMILES string of the molecule is O=C1[C@H]([C@H](O)c2ccc(Cl)cc2)C(C(F)(F)F)=NN1c1ccccc1. The van der Waals surface area contributed by atoms with Crippen LogP contribution in [0, 0.1) is 5.92 Å². The van der Waals surface area contributed by atoms with Crippen molar-refractivity contribution in [2.75, 3.05) is 5.01 Å². The molecule has 2 atom stereocenters. The highest BCUT2D eigenvalue weighted by Gasteiger charge is 2.53. The Bertz CT molecular complexity index is 807. The summed E-state index contributed by atoms with van der Waals surface area (Å²) >= 11 is 5.75. The molecule has 8 heteroatoms. The number of hydrazone groups is 1.